The van der Waals surface area contributed by atoms with E-state index in [2.05, 4.69) is 25.4 Å². The summed E-state index contributed by atoms with van der Waals surface area (Å²) in [5.41, 5.74) is 5.54. The first-order chi connectivity index (χ1) is 8.74. The number of ether oxygens (including phenoxy) is 2. The molecule has 0 aliphatic heterocycles. The van der Waals surface area contributed by atoms with Gasteiger partial charge in [0.05, 0.1) is 17.5 Å². The van der Waals surface area contributed by atoms with E-state index in [1.807, 2.05) is 0 Å². The molecule has 2 N–H and O–H groups in total. The lowest BCUT2D eigenvalue weighted by Crippen LogP contribution is -2.20. The highest BCUT2D eigenvalue weighted by molar-refractivity contribution is 9.10. The van der Waals surface area contributed by atoms with Crippen LogP contribution >= 0.6 is 15.9 Å². The van der Waals surface area contributed by atoms with Crippen LogP contribution in [0.5, 0.6) is 5.75 Å². The standard InChI is InChI=1S/C11H11BrF3NO3/c1-2-18-9(17)5-6-8(16)4-3-7(12)10(6)19-11(13,14)15/h3-4H,2,5,16H2,1H3. The number of hydrogen-bond donors (Lipinski definition) is 1. The van der Waals surface area contributed by atoms with E-state index in [0.29, 0.717) is 0 Å². The van der Waals surface area contributed by atoms with Gasteiger partial charge in [0, 0.05) is 11.3 Å². The Balaban J connectivity index is 3.13. The molecule has 0 bridgehead atoms. The number of rotatable bonds is 4. The molecule has 0 aliphatic carbocycles. The van der Waals surface area contributed by atoms with Gasteiger partial charge in [0.2, 0.25) is 0 Å². The normalized spacial score (nSPS) is 11.2. The van der Waals surface area contributed by atoms with Gasteiger partial charge in [-0.3, -0.25) is 4.79 Å². The minimum absolute atomic E-state index is 0.0236. The van der Waals surface area contributed by atoms with Gasteiger partial charge < -0.3 is 15.2 Å². The van der Waals surface area contributed by atoms with Crippen LogP contribution in [0.4, 0.5) is 18.9 Å². The Kier molecular flexibility index (Phi) is 5.04. The molecule has 0 saturated heterocycles. The number of halogens is 4. The second-order valence-corrected chi connectivity index (χ2v) is 4.33. The maximum atomic E-state index is 12.3. The van der Waals surface area contributed by atoms with Crippen molar-refractivity contribution in [3.63, 3.8) is 0 Å². The third kappa shape index (κ3) is 4.62. The first-order valence-corrected chi connectivity index (χ1v) is 6.02. The first kappa shape index (κ1) is 15.6. The van der Waals surface area contributed by atoms with Crippen molar-refractivity contribution in [2.45, 2.75) is 19.7 Å². The fourth-order valence-electron chi connectivity index (χ4n) is 1.38. The third-order valence-electron chi connectivity index (χ3n) is 2.09. The molecule has 1 aromatic carbocycles. The second-order valence-electron chi connectivity index (χ2n) is 3.47. The van der Waals surface area contributed by atoms with E-state index in [1.165, 1.54) is 12.1 Å². The van der Waals surface area contributed by atoms with Gasteiger partial charge in [-0.15, -0.1) is 13.2 Å². The van der Waals surface area contributed by atoms with Gasteiger partial charge in [-0.25, -0.2) is 0 Å². The molecule has 0 amide bonds. The van der Waals surface area contributed by atoms with Crippen LogP contribution in [-0.4, -0.2) is 18.9 Å². The van der Waals surface area contributed by atoms with Gasteiger partial charge in [-0.1, -0.05) is 0 Å². The number of carbonyl (C=O) groups excluding carboxylic acids is 1. The van der Waals surface area contributed by atoms with Gasteiger partial charge >= 0.3 is 12.3 Å². The predicted molar refractivity (Wildman–Crippen MR) is 65.6 cm³/mol. The number of carbonyl (C=O) groups is 1. The van der Waals surface area contributed by atoms with Crippen LogP contribution < -0.4 is 10.5 Å². The van der Waals surface area contributed by atoms with Gasteiger partial charge in [-0.05, 0) is 35.0 Å². The monoisotopic (exact) mass is 341 g/mol. The SMILES string of the molecule is CCOC(=O)Cc1c(N)ccc(Br)c1OC(F)(F)F. The lowest BCUT2D eigenvalue weighted by atomic mass is 10.1. The molecule has 1 rings (SSSR count). The molecule has 0 atom stereocenters. The van der Waals surface area contributed by atoms with E-state index >= 15 is 0 Å². The summed E-state index contributed by atoms with van der Waals surface area (Å²) in [7, 11) is 0. The summed E-state index contributed by atoms with van der Waals surface area (Å²) >= 11 is 2.93. The van der Waals surface area contributed by atoms with E-state index in [-0.39, 0.29) is 22.3 Å². The Hall–Kier alpha value is -1.44. The minimum atomic E-state index is -4.88. The lowest BCUT2D eigenvalue weighted by Gasteiger charge is -2.16. The van der Waals surface area contributed by atoms with Crippen molar-refractivity contribution in [1.82, 2.24) is 0 Å². The van der Waals surface area contributed by atoms with Crippen molar-refractivity contribution in [2.24, 2.45) is 0 Å². The second kappa shape index (κ2) is 6.14. The Morgan fingerprint density at radius 3 is 2.58 bits per heavy atom. The molecular weight excluding hydrogens is 331 g/mol. The largest absolute Gasteiger partial charge is 0.573 e. The average molecular weight is 342 g/mol. The summed E-state index contributed by atoms with van der Waals surface area (Å²) in [6.07, 6.45) is -5.27. The lowest BCUT2D eigenvalue weighted by molar-refractivity contribution is -0.275. The number of benzene rings is 1. The Morgan fingerprint density at radius 2 is 2.05 bits per heavy atom. The molecule has 0 unspecified atom stereocenters. The molecule has 106 valence electrons. The van der Waals surface area contributed by atoms with Crippen molar-refractivity contribution in [2.75, 3.05) is 12.3 Å². The fourth-order valence-corrected chi connectivity index (χ4v) is 1.83. The van der Waals surface area contributed by atoms with Crippen LogP contribution in [0, 0.1) is 0 Å². The molecule has 4 nitrogen and oxygen atoms in total. The average Bonchev–Trinajstić information content (AvgIpc) is 2.27. The van der Waals surface area contributed by atoms with Gasteiger partial charge in [0.1, 0.15) is 5.75 Å². The molecular formula is C11H11BrF3NO3. The Morgan fingerprint density at radius 1 is 1.42 bits per heavy atom. The molecule has 1 aromatic rings. The molecule has 8 heteroatoms. The highest BCUT2D eigenvalue weighted by atomic mass is 79.9. The maximum Gasteiger partial charge on any atom is 0.573 e. The molecule has 0 heterocycles. The summed E-state index contributed by atoms with van der Waals surface area (Å²) < 4.78 is 45.6. The zero-order chi connectivity index (χ0) is 14.6. The van der Waals surface area contributed by atoms with Crippen molar-refractivity contribution < 1.29 is 27.4 Å². The van der Waals surface area contributed by atoms with Gasteiger partial charge in [0.15, 0.2) is 0 Å². The van der Waals surface area contributed by atoms with Crippen LogP contribution in [-0.2, 0) is 16.0 Å². The summed E-state index contributed by atoms with van der Waals surface area (Å²) in [6, 6.07) is 2.69. The van der Waals surface area contributed by atoms with E-state index < -0.39 is 24.5 Å². The number of hydrogen-bond acceptors (Lipinski definition) is 4. The highest BCUT2D eigenvalue weighted by Gasteiger charge is 2.34. The summed E-state index contributed by atoms with van der Waals surface area (Å²) in [6.45, 7) is 1.72. The molecule has 0 saturated carbocycles. The summed E-state index contributed by atoms with van der Waals surface area (Å²) in [5.74, 6) is -1.21. The van der Waals surface area contributed by atoms with Gasteiger partial charge in [-0.2, -0.15) is 0 Å². The van der Waals surface area contributed by atoms with Gasteiger partial charge in [0.25, 0.3) is 0 Å². The topological polar surface area (TPSA) is 61.5 Å². The van der Waals surface area contributed by atoms with Crippen molar-refractivity contribution in [1.29, 1.82) is 0 Å². The molecule has 0 radical (unpaired) electrons. The minimum Gasteiger partial charge on any atom is -0.466 e. The summed E-state index contributed by atoms with van der Waals surface area (Å²) in [4.78, 5) is 11.4. The van der Waals surface area contributed by atoms with E-state index in [4.69, 9.17) is 5.73 Å². The quantitative estimate of drug-likeness (QED) is 0.675. The van der Waals surface area contributed by atoms with Crippen LogP contribution in [0.1, 0.15) is 12.5 Å². The van der Waals surface area contributed by atoms with Crippen molar-refractivity contribution in [3.05, 3.63) is 22.2 Å². The molecule has 0 aliphatic rings. The Labute approximate surface area is 115 Å². The first-order valence-electron chi connectivity index (χ1n) is 5.22. The van der Waals surface area contributed by atoms with Crippen LogP contribution in [0.25, 0.3) is 0 Å². The zero-order valence-electron chi connectivity index (χ0n) is 9.88. The zero-order valence-corrected chi connectivity index (χ0v) is 11.5. The van der Waals surface area contributed by atoms with E-state index in [1.54, 1.807) is 6.92 Å². The van der Waals surface area contributed by atoms with Crippen LogP contribution in [0.3, 0.4) is 0 Å². The maximum absolute atomic E-state index is 12.3. The van der Waals surface area contributed by atoms with Crippen molar-refractivity contribution >= 4 is 27.6 Å². The number of nitrogen functional groups attached to an aromatic ring is 1. The number of nitrogens with two attached hydrogens (primary N) is 1. The highest BCUT2D eigenvalue weighted by Crippen LogP contribution is 2.37. The fraction of sp³-hybridized carbons (Fsp3) is 0.364. The third-order valence-corrected chi connectivity index (χ3v) is 2.72. The number of esters is 1. The smallest absolute Gasteiger partial charge is 0.466 e. The molecule has 0 aromatic heterocycles. The molecule has 0 fully saturated rings. The van der Waals surface area contributed by atoms with Crippen LogP contribution in [0.2, 0.25) is 0 Å². The predicted octanol–water partition coefficient (Wildman–Crippen LogP) is 3.04. The van der Waals surface area contributed by atoms with Crippen molar-refractivity contribution in [3.8, 4) is 5.75 Å². The summed E-state index contributed by atoms with van der Waals surface area (Å²) in [5, 5.41) is 0. The molecule has 0 spiro atoms. The van der Waals surface area contributed by atoms with E-state index in [0.717, 1.165) is 0 Å². The number of anilines is 1. The van der Waals surface area contributed by atoms with E-state index in [9.17, 15) is 18.0 Å². The van der Waals surface area contributed by atoms with Crippen LogP contribution in [0.15, 0.2) is 16.6 Å². The molecule has 19 heavy (non-hydrogen) atoms. The number of alkyl halides is 3. The Bertz CT molecular complexity index is 477.